The number of rotatable bonds is 12. The molecule has 37 heavy (non-hydrogen) atoms. The molecule has 0 unspecified atom stereocenters. The summed E-state index contributed by atoms with van der Waals surface area (Å²) in [6.45, 7) is 10.2. The highest BCUT2D eigenvalue weighted by Gasteiger charge is 2.18. The summed E-state index contributed by atoms with van der Waals surface area (Å²) in [6.07, 6.45) is 4.86. The van der Waals surface area contributed by atoms with Crippen LogP contribution >= 0.6 is 11.3 Å². The average molecular weight is 523 g/mol. The van der Waals surface area contributed by atoms with Crippen molar-refractivity contribution in [2.45, 2.75) is 60.0 Å². The molecule has 0 amide bonds. The molecule has 4 aromatic rings. The first-order valence-corrected chi connectivity index (χ1v) is 13.4. The van der Waals surface area contributed by atoms with Gasteiger partial charge in [-0.3, -0.25) is 4.79 Å². The van der Waals surface area contributed by atoms with Gasteiger partial charge < -0.3 is 15.3 Å². The number of aromatic nitrogens is 4. The van der Waals surface area contributed by atoms with Crippen LogP contribution < -0.4 is 5.32 Å². The number of fused-ring (bicyclic) bond motifs is 1. The number of aliphatic hydroxyl groups excluding tert-OH is 1. The van der Waals surface area contributed by atoms with E-state index in [2.05, 4.69) is 36.1 Å². The highest BCUT2D eigenvalue weighted by atomic mass is 32.1. The summed E-state index contributed by atoms with van der Waals surface area (Å²) in [5.74, 6) is 0.615. The summed E-state index contributed by atoms with van der Waals surface area (Å²) in [7, 11) is 0. The molecule has 8 nitrogen and oxygen atoms in total. The Kier molecular flexibility index (Phi) is 9.91. The van der Waals surface area contributed by atoms with Gasteiger partial charge in [0.15, 0.2) is 11.4 Å². The summed E-state index contributed by atoms with van der Waals surface area (Å²) in [5, 5.41) is 19.2. The van der Waals surface area contributed by atoms with E-state index in [1.54, 1.807) is 28.1 Å². The third kappa shape index (κ3) is 6.60. The number of hydrogen-bond acceptors (Lipinski definition) is 8. The lowest BCUT2D eigenvalue weighted by atomic mass is 10.0. The first kappa shape index (κ1) is 28.4. The van der Waals surface area contributed by atoms with Gasteiger partial charge in [-0.25, -0.2) is 14.5 Å². The lowest BCUT2D eigenvalue weighted by molar-refractivity contribution is 0.0964. The minimum absolute atomic E-state index is 0. The van der Waals surface area contributed by atoms with Gasteiger partial charge in [-0.2, -0.15) is 5.10 Å². The summed E-state index contributed by atoms with van der Waals surface area (Å²) in [6, 6.07) is 9.71. The standard InChI is InChI=1S/C27H34N6O2S.CH4/c1-5-32(6-2)19(4)9-10-24(35)20-14-23(30-26(15-20)29-18(3)17-34)21-16-28-33-12-11-22(31-27(21)33)25-8-7-13-36-25;/h7-8,11-16,18-19,34H,5-6,9-10,17H2,1-4H3,(H,29,30);1H4/t18-,19-;/m0./s1. The molecule has 4 aromatic heterocycles. The van der Waals surface area contributed by atoms with Gasteiger partial charge in [-0.15, -0.1) is 11.3 Å². The molecule has 0 radical (unpaired) electrons. The van der Waals surface area contributed by atoms with Crippen LogP contribution in [0.5, 0.6) is 0 Å². The summed E-state index contributed by atoms with van der Waals surface area (Å²) in [5.41, 5.74) is 3.50. The van der Waals surface area contributed by atoms with Crippen molar-refractivity contribution in [3.05, 3.63) is 53.7 Å². The highest BCUT2D eigenvalue weighted by Crippen LogP contribution is 2.29. The molecule has 0 aromatic carbocycles. The van der Waals surface area contributed by atoms with E-state index in [1.807, 2.05) is 42.8 Å². The molecule has 0 spiro atoms. The molecule has 9 heteroatoms. The van der Waals surface area contributed by atoms with Crippen molar-refractivity contribution in [2.75, 3.05) is 25.0 Å². The predicted molar refractivity (Wildman–Crippen MR) is 152 cm³/mol. The fourth-order valence-electron chi connectivity index (χ4n) is 4.33. The number of nitrogens with one attached hydrogen (secondary N) is 1. The van der Waals surface area contributed by atoms with Crippen LogP contribution in [0.15, 0.2) is 48.1 Å². The maximum atomic E-state index is 13.3. The molecule has 0 fully saturated rings. The minimum atomic E-state index is -0.203. The lowest BCUT2D eigenvalue weighted by Crippen LogP contribution is -2.33. The maximum Gasteiger partial charge on any atom is 0.165 e. The fraction of sp³-hybridized carbons (Fsp3) is 0.429. The number of aliphatic hydroxyl groups is 1. The largest absolute Gasteiger partial charge is 0.394 e. The van der Waals surface area contributed by atoms with Crippen molar-refractivity contribution >= 4 is 28.6 Å². The smallest absolute Gasteiger partial charge is 0.165 e. The van der Waals surface area contributed by atoms with E-state index < -0.39 is 0 Å². The Hall–Kier alpha value is -3.14. The van der Waals surface area contributed by atoms with E-state index in [1.165, 1.54) is 0 Å². The molecule has 0 saturated carbocycles. The van der Waals surface area contributed by atoms with Crippen LogP contribution in [-0.4, -0.2) is 67.2 Å². The number of anilines is 1. The van der Waals surface area contributed by atoms with Crippen LogP contribution in [-0.2, 0) is 0 Å². The molecule has 4 heterocycles. The van der Waals surface area contributed by atoms with Crippen molar-refractivity contribution in [2.24, 2.45) is 0 Å². The highest BCUT2D eigenvalue weighted by molar-refractivity contribution is 7.13. The normalized spacial score (nSPS) is 12.9. The van der Waals surface area contributed by atoms with Gasteiger partial charge in [-0.05, 0) is 63.0 Å². The lowest BCUT2D eigenvalue weighted by Gasteiger charge is -2.26. The zero-order chi connectivity index (χ0) is 25.7. The van der Waals surface area contributed by atoms with Crippen LogP contribution in [0.3, 0.4) is 0 Å². The van der Waals surface area contributed by atoms with E-state index in [4.69, 9.17) is 9.97 Å². The second kappa shape index (κ2) is 12.9. The van der Waals surface area contributed by atoms with Crippen molar-refractivity contribution in [3.8, 4) is 21.8 Å². The van der Waals surface area contributed by atoms with Crippen molar-refractivity contribution in [3.63, 3.8) is 0 Å². The van der Waals surface area contributed by atoms with E-state index in [0.29, 0.717) is 35.2 Å². The second-order valence-electron chi connectivity index (χ2n) is 9.00. The van der Waals surface area contributed by atoms with Crippen LogP contribution in [0.25, 0.3) is 27.5 Å². The monoisotopic (exact) mass is 522 g/mol. The average Bonchev–Trinajstić information content (AvgIpc) is 3.57. The number of nitrogens with zero attached hydrogens (tertiary/aromatic N) is 5. The quantitative estimate of drug-likeness (QED) is 0.232. The summed E-state index contributed by atoms with van der Waals surface area (Å²) < 4.78 is 1.72. The van der Waals surface area contributed by atoms with Crippen LogP contribution in [0, 0.1) is 0 Å². The molecule has 2 N–H and O–H groups in total. The molecule has 0 bridgehead atoms. The number of hydrogen-bond donors (Lipinski definition) is 2. The van der Waals surface area contributed by atoms with Crippen molar-refractivity contribution in [1.29, 1.82) is 0 Å². The first-order valence-electron chi connectivity index (χ1n) is 12.5. The molecular formula is C28H38N6O2S. The molecule has 0 aliphatic heterocycles. The van der Waals surface area contributed by atoms with Crippen molar-refractivity contribution < 1.29 is 9.90 Å². The van der Waals surface area contributed by atoms with Gasteiger partial charge in [0.2, 0.25) is 0 Å². The molecule has 4 rings (SSSR count). The molecule has 0 aliphatic carbocycles. The number of thiophene rings is 1. The SMILES string of the molecule is C.CCN(CC)[C@@H](C)CCC(=O)c1cc(N[C@@H](C)CO)nc(-c2cnn3ccc(-c4cccs4)nc23)c1. The van der Waals surface area contributed by atoms with E-state index in [-0.39, 0.29) is 25.9 Å². The second-order valence-corrected chi connectivity index (χ2v) is 9.95. The van der Waals surface area contributed by atoms with Gasteiger partial charge in [0.1, 0.15) is 5.82 Å². The van der Waals surface area contributed by atoms with Gasteiger partial charge in [0.05, 0.1) is 34.6 Å². The van der Waals surface area contributed by atoms with Gasteiger partial charge >= 0.3 is 0 Å². The van der Waals surface area contributed by atoms with Crippen LogP contribution in [0.1, 0.15) is 58.3 Å². The molecule has 2 atom stereocenters. The van der Waals surface area contributed by atoms with Crippen LogP contribution in [0.4, 0.5) is 5.82 Å². The zero-order valence-corrected chi connectivity index (χ0v) is 22.1. The first-order chi connectivity index (χ1) is 17.4. The third-order valence-electron chi connectivity index (χ3n) is 6.46. The number of pyridine rings is 1. The van der Waals surface area contributed by atoms with E-state index >= 15 is 0 Å². The minimum Gasteiger partial charge on any atom is -0.394 e. The Morgan fingerprint density at radius 3 is 2.62 bits per heavy atom. The van der Waals surface area contributed by atoms with Gasteiger partial charge in [-0.1, -0.05) is 27.3 Å². The van der Waals surface area contributed by atoms with Gasteiger partial charge in [0.25, 0.3) is 0 Å². The van der Waals surface area contributed by atoms with Crippen molar-refractivity contribution in [1.82, 2.24) is 24.5 Å². The zero-order valence-electron chi connectivity index (χ0n) is 21.3. The number of Topliss-reactive ketones (excluding diaryl/α,β-unsaturated/α-hetero) is 1. The summed E-state index contributed by atoms with van der Waals surface area (Å²) >= 11 is 1.63. The third-order valence-corrected chi connectivity index (χ3v) is 7.35. The predicted octanol–water partition coefficient (Wildman–Crippen LogP) is 5.64. The van der Waals surface area contributed by atoms with E-state index in [0.717, 1.165) is 35.6 Å². The Bertz CT molecular complexity index is 1300. The summed E-state index contributed by atoms with van der Waals surface area (Å²) in [4.78, 5) is 26.3. The Labute approximate surface area is 223 Å². The van der Waals surface area contributed by atoms with Gasteiger partial charge in [0, 0.05) is 30.3 Å². The Morgan fingerprint density at radius 2 is 1.95 bits per heavy atom. The molecule has 0 saturated heterocycles. The number of carbonyl (C=O) groups excluding carboxylic acids is 1. The fourth-order valence-corrected chi connectivity index (χ4v) is 5.02. The van der Waals surface area contributed by atoms with Crippen LogP contribution in [0.2, 0.25) is 0 Å². The number of ketones is 1. The molecule has 0 aliphatic rings. The Morgan fingerprint density at radius 1 is 1.16 bits per heavy atom. The topological polar surface area (TPSA) is 95.7 Å². The maximum absolute atomic E-state index is 13.3. The molecular weight excluding hydrogens is 484 g/mol. The number of carbonyl (C=O) groups is 1. The molecule has 198 valence electrons. The Balaban J connectivity index is 0.00000380. The van der Waals surface area contributed by atoms with E-state index in [9.17, 15) is 9.90 Å².